The molecule has 0 saturated carbocycles. The third-order valence-electron chi connectivity index (χ3n) is 3.31. The molecular weight excluding hydrogens is 374 g/mol. The van der Waals surface area contributed by atoms with E-state index in [1.165, 1.54) is 12.1 Å². The van der Waals surface area contributed by atoms with Crippen LogP contribution in [-0.4, -0.2) is 33.0 Å². The lowest BCUT2D eigenvalue weighted by atomic mass is 10.3. The van der Waals surface area contributed by atoms with Gasteiger partial charge in [0.1, 0.15) is 18.2 Å². The second-order valence-corrected chi connectivity index (χ2v) is 6.74. The van der Waals surface area contributed by atoms with Crippen LogP contribution in [0.5, 0.6) is 0 Å². The third-order valence-corrected chi connectivity index (χ3v) is 5.12. The smallest absolute Gasteiger partial charge is 0.326 e. The topological polar surface area (TPSA) is 107 Å². The van der Waals surface area contributed by atoms with Crippen molar-refractivity contribution in [3.05, 3.63) is 64.2 Å². The van der Waals surface area contributed by atoms with E-state index in [4.69, 9.17) is 0 Å². The zero-order chi connectivity index (χ0) is 19.5. The molecule has 2 aromatic rings. The van der Waals surface area contributed by atoms with Crippen molar-refractivity contribution in [2.75, 3.05) is 18.0 Å². The molecule has 26 heavy (non-hydrogen) atoms. The fourth-order valence-electron chi connectivity index (χ4n) is 2.11. The number of carbonyl (C=O) groups excluding carboxylic acids is 1. The van der Waals surface area contributed by atoms with E-state index in [1.807, 2.05) is 0 Å². The summed E-state index contributed by atoms with van der Waals surface area (Å²) in [5.74, 6) is -3.28. The first kappa shape index (κ1) is 19.2. The van der Waals surface area contributed by atoms with Crippen LogP contribution in [0.15, 0.2) is 47.4 Å². The van der Waals surface area contributed by atoms with Gasteiger partial charge in [0.05, 0.1) is 17.7 Å². The Bertz CT molecular complexity index is 964. The molecule has 2 rings (SSSR count). The molecule has 0 aliphatic carbocycles. The highest BCUT2D eigenvalue weighted by atomic mass is 32.2. The number of sulfonamides is 1. The minimum Gasteiger partial charge on any atom is -0.468 e. The van der Waals surface area contributed by atoms with Gasteiger partial charge >= 0.3 is 5.97 Å². The summed E-state index contributed by atoms with van der Waals surface area (Å²) in [5, 5.41) is 11.1. The summed E-state index contributed by atoms with van der Waals surface area (Å²) < 4.78 is 57.8. The van der Waals surface area contributed by atoms with Crippen molar-refractivity contribution in [1.82, 2.24) is 0 Å². The molecule has 0 spiro atoms. The summed E-state index contributed by atoms with van der Waals surface area (Å²) in [5.41, 5.74) is -1.42. The molecule has 0 heterocycles. The first-order chi connectivity index (χ1) is 12.2. The standard InChI is InChI=1S/C15H12F2N2O6S/c1-25-15(20)9-18(12-7-6-10(16)8-11(12)17)26(23,24)14-5-3-2-4-13(14)19(21)22/h2-8H,9H2,1H3. The molecule has 0 radical (unpaired) electrons. The molecule has 138 valence electrons. The van der Waals surface area contributed by atoms with Crippen LogP contribution < -0.4 is 4.31 Å². The maximum absolute atomic E-state index is 14.1. The van der Waals surface area contributed by atoms with E-state index < -0.39 is 55.4 Å². The Hall–Kier alpha value is -3.08. The molecule has 0 fully saturated rings. The maximum atomic E-state index is 14.1. The fraction of sp³-hybridized carbons (Fsp3) is 0.133. The van der Waals surface area contributed by atoms with Gasteiger partial charge in [0.15, 0.2) is 4.90 Å². The molecule has 0 aliphatic heterocycles. The number of para-hydroxylation sites is 1. The number of benzene rings is 2. The van der Waals surface area contributed by atoms with Crippen LogP contribution in [-0.2, 0) is 19.6 Å². The van der Waals surface area contributed by atoms with E-state index in [0.29, 0.717) is 6.07 Å². The van der Waals surface area contributed by atoms with Crippen LogP contribution in [0.2, 0.25) is 0 Å². The SMILES string of the molecule is COC(=O)CN(c1ccc(F)cc1F)S(=O)(=O)c1ccccc1[N+](=O)[O-]. The summed E-state index contributed by atoms with van der Waals surface area (Å²) in [7, 11) is -3.76. The summed E-state index contributed by atoms with van der Waals surface area (Å²) in [6, 6.07) is 6.40. The molecule has 2 aromatic carbocycles. The number of hydrogen-bond donors (Lipinski definition) is 0. The zero-order valence-electron chi connectivity index (χ0n) is 13.3. The Morgan fingerprint density at radius 1 is 1.23 bits per heavy atom. The van der Waals surface area contributed by atoms with E-state index >= 15 is 0 Å². The number of hydrogen-bond acceptors (Lipinski definition) is 6. The lowest BCUT2D eigenvalue weighted by Gasteiger charge is -2.23. The molecule has 0 aliphatic rings. The highest BCUT2D eigenvalue weighted by Gasteiger charge is 2.34. The van der Waals surface area contributed by atoms with Gasteiger partial charge in [-0.2, -0.15) is 0 Å². The highest BCUT2D eigenvalue weighted by Crippen LogP contribution is 2.31. The number of methoxy groups -OCH3 is 1. The first-order valence-electron chi connectivity index (χ1n) is 6.96. The number of nitrogens with zero attached hydrogens (tertiary/aromatic N) is 2. The average molecular weight is 386 g/mol. The van der Waals surface area contributed by atoms with Crippen molar-refractivity contribution in [3.8, 4) is 0 Å². The van der Waals surface area contributed by atoms with Gasteiger partial charge in [0.25, 0.3) is 15.7 Å². The Kier molecular flexibility index (Phi) is 5.50. The zero-order valence-corrected chi connectivity index (χ0v) is 14.1. The lowest BCUT2D eigenvalue weighted by Crippen LogP contribution is -2.37. The second kappa shape index (κ2) is 7.44. The van der Waals surface area contributed by atoms with Crippen molar-refractivity contribution >= 4 is 27.4 Å². The van der Waals surface area contributed by atoms with Crippen LogP contribution in [0, 0.1) is 21.7 Å². The van der Waals surface area contributed by atoms with Crippen LogP contribution in [0.4, 0.5) is 20.2 Å². The summed E-state index contributed by atoms with van der Waals surface area (Å²) >= 11 is 0. The number of ether oxygens (including phenoxy) is 1. The van der Waals surface area contributed by atoms with Gasteiger partial charge in [-0.15, -0.1) is 0 Å². The predicted molar refractivity (Wildman–Crippen MR) is 86.0 cm³/mol. The molecule has 0 amide bonds. The van der Waals surface area contributed by atoms with Gasteiger partial charge < -0.3 is 4.74 Å². The molecule has 0 N–H and O–H groups in total. The molecule has 0 aromatic heterocycles. The van der Waals surface area contributed by atoms with E-state index in [0.717, 1.165) is 31.4 Å². The third kappa shape index (κ3) is 3.77. The summed E-state index contributed by atoms with van der Waals surface area (Å²) in [4.78, 5) is 21.1. The number of carbonyl (C=O) groups is 1. The van der Waals surface area contributed by atoms with Gasteiger partial charge in [-0.05, 0) is 18.2 Å². The Morgan fingerprint density at radius 3 is 2.46 bits per heavy atom. The van der Waals surface area contributed by atoms with E-state index in [9.17, 15) is 32.1 Å². The van der Waals surface area contributed by atoms with Gasteiger partial charge in [0.2, 0.25) is 0 Å². The average Bonchev–Trinajstić information content (AvgIpc) is 2.59. The molecule has 8 nitrogen and oxygen atoms in total. The largest absolute Gasteiger partial charge is 0.468 e. The second-order valence-electron chi connectivity index (χ2n) is 4.91. The van der Waals surface area contributed by atoms with Crippen LogP contribution in [0.1, 0.15) is 0 Å². The first-order valence-corrected chi connectivity index (χ1v) is 8.40. The highest BCUT2D eigenvalue weighted by molar-refractivity contribution is 7.93. The Labute approximate surface area is 146 Å². The molecule has 0 atom stereocenters. The van der Waals surface area contributed by atoms with Gasteiger partial charge in [-0.25, -0.2) is 17.2 Å². The monoisotopic (exact) mass is 386 g/mol. The summed E-state index contributed by atoms with van der Waals surface area (Å²) in [6.07, 6.45) is 0. The van der Waals surface area contributed by atoms with Crippen LogP contribution in [0.3, 0.4) is 0 Å². The minimum atomic E-state index is -4.74. The minimum absolute atomic E-state index is 0.288. The van der Waals surface area contributed by atoms with E-state index in [2.05, 4.69) is 4.74 Å². The van der Waals surface area contributed by atoms with Crippen LogP contribution >= 0.6 is 0 Å². The summed E-state index contributed by atoms with van der Waals surface area (Å²) in [6.45, 7) is -0.965. The van der Waals surface area contributed by atoms with E-state index in [1.54, 1.807) is 0 Å². The molecule has 0 bridgehead atoms. The normalized spacial score (nSPS) is 11.0. The number of nitro groups is 1. The predicted octanol–water partition coefficient (Wildman–Crippen LogP) is 2.24. The Balaban J connectivity index is 2.68. The lowest BCUT2D eigenvalue weighted by molar-refractivity contribution is -0.387. The van der Waals surface area contributed by atoms with Gasteiger partial charge in [-0.1, -0.05) is 12.1 Å². The maximum Gasteiger partial charge on any atom is 0.326 e. The molecule has 0 saturated heterocycles. The van der Waals surface area contributed by atoms with Crippen molar-refractivity contribution in [2.45, 2.75) is 4.90 Å². The molecule has 0 unspecified atom stereocenters. The fourth-order valence-corrected chi connectivity index (χ4v) is 3.69. The van der Waals surface area contributed by atoms with Crippen LogP contribution in [0.25, 0.3) is 0 Å². The van der Waals surface area contributed by atoms with Crippen molar-refractivity contribution in [1.29, 1.82) is 0 Å². The van der Waals surface area contributed by atoms with Crippen molar-refractivity contribution < 1.29 is 31.7 Å². The molecule has 11 heteroatoms. The number of esters is 1. The number of rotatable bonds is 6. The number of nitro benzene ring substituents is 1. The van der Waals surface area contributed by atoms with Crippen molar-refractivity contribution in [2.24, 2.45) is 0 Å². The van der Waals surface area contributed by atoms with Crippen molar-refractivity contribution in [3.63, 3.8) is 0 Å². The number of anilines is 1. The van der Waals surface area contributed by atoms with E-state index in [-0.39, 0.29) is 4.31 Å². The molecular formula is C15H12F2N2O6S. The van der Waals surface area contributed by atoms with Gasteiger partial charge in [0, 0.05) is 12.1 Å². The van der Waals surface area contributed by atoms with Gasteiger partial charge in [-0.3, -0.25) is 19.2 Å². The quantitative estimate of drug-likeness (QED) is 0.428. The number of halogens is 2. The Morgan fingerprint density at radius 2 is 1.88 bits per heavy atom.